The third-order valence-corrected chi connectivity index (χ3v) is 8.17. The SMILES string of the molecule is CCS(=O)(=O)c1ccn(CC(=O)Nc2nc3c(s2)C(=O)N(c2ccccc2Cl)CC3)c(=O)c1. The van der Waals surface area contributed by atoms with Crippen LogP contribution < -0.4 is 15.8 Å². The molecule has 33 heavy (non-hydrogen) atoms. The molecular weight excluding hydrogens is 488 g/mol. The average molecular weight is 507 g/mol. The van der Waals surface area contributed by atoms with Gasteiger partial charge in [0.15, 0.2) is 15.0 Å². The molecule has 3 aromatic rings. The van der Waals surface area contributed by atoms with Gasteiger partial charge in [-0.3, -0.25) is 14.4 Å². The molecule has 1 N–H and O–H groups in total. The van der Waals surface area contributed by atoms with Crippen molar-refractivity contribution in [3.05, 3.63) is 68.5 Å². The van der Waals surface area contributed by atoms with Gasteiger partial charge in [0.1, 0.15) is 11.4 Å². The highest BCUT2D eigenvalue weighted by Gasteiger charge is 2.30. The minimum atomic E-state index is -3.52. The molecule has 9 nitrogen and oxygen atoms in total. The Kier molecular flexibility index (Phi) is 6.37. The molecule has 1 aliphatic rings. The highest BCUT2D eigenvalue weighted by Crippen LogP contribution is 2.33. The van der Waals surface area contributed by atoms with Crippen LogP contribution in [0.4, 0.5) is 10.8 Å². The summed E-state index contributed by atoms with van der Waals surface area (Å²) in [6.45, 7) is 1.57. The summed E-state index contributed by atoms with van der Waals surface area (Å²) in [5, 5.41) is 3.33. The summed E-state index contributed by atoms with van der Waals surface area (Å²) in [6.07, 6.45) is 1.77. The Morgan fingerprint density at radius 1 is 1.24 bits per heavy atom. The number of carbonyl (C=O) groups is 2. The molecule has 0 radical (unpaired) electrons. The lowest BCUT2D eigenvalue weighted by molar-refractivity contribution is -0.116. The number of halogens is 1. The maximum Gasteiger partial charge on any atom is 0.270 e. The summed E-state index contributed by atoms with van der Waals surface area (Å²) in [7, 11) is -3.52. The van der Waals surface area contributed by atoms with Crippen molar-refractivity contribution in [1.29, 1.82) is 0 Å². The van der Waals surface area contributed by atoms with E-state index in [0.717, 1.165) is 22.0 Å². The maximum absolute atomic E-state index is 13.0. The van der Waals surface area contributed by atoms with Crippen LogP contribution in [-0.2, 0) is 27.6 Å². The van der Waals surface area contributed by atoms with Crippen LogP contribution in [-0.4, -0.2) is 42.1 Å². The number of thiazole rings is 1. The third kappa shape index (κ3) is 4.70. The van der Waals surface area contributed by atoms with E-state index in [-0.39, 0.29) is 28.2 Å². The molecule has 172 valence electrons. The van der Waals surface area contributed by atoms with Crippen molar-refractivity contribution in [2.24, 2.45) is 0 Å². The second-order valence-electron chi connectivity index (χ2n) is 7.23. The smallest absolute Gasteiger partial charge is 0.270 e. The number of anilines is 2. The van der Waals surface area contributed by atoms with Crippen molar-refractivity contribution in [3.8, 4) is 0 Å². The number of sulfone groups is 1. The van der Waals surface area contributed by atoms with Crippen LogP contribution in [0.3, 0.4) is 0 Å². The largest absolute Gasteiger partial charge is 0.306 e. The van der Waals surface area contributed by atoms with Gasteiger partial charge in [-0.1, -0.05) is 42.0 Å². The first-order valence-corrected chi connectivity index (χ1v) is 12.8. The fourth-order valence-corrected chi connectivity index (χ4v) is 5.47. The van der Waals surface area contributed by atoms with E-state index in [9.17, 15) is 22.8 Å². The van der Waals surface area contributed by atoms with Gasteiger partial charge in [-0.25, -0.2) is 13.4 Å². The molecule has 2 aromatic heterocycles. The molecule has 0 saturated carbocycles. The minimum Gasteiger partial charge on any atom is -0.306 e. The average Bonchev–Trinajstić information content (AvgIpc) is 3.19. The summed E-state index contributed by atoms with van der Waals surface area (Å²) in [6, 6.07) is 9.35. The summed E-state index contributed by atoms with van der Waals surface area (Å²) < 4.78 is 24.9. The van der Waals surface area contributed by atoms with E-state index in [1.165, 1.54) is 19.2 Å². The van der Waals surface area contributed by atoms with E-state index < -0.39 is 21.3 Å². The van der Waals surface area contributed by atoms with Crippen LogP contribution in [0, 0.1) is 0 Å². The molecule has 12 heteroatoms. The number of fused-ring (bicyclic) bond motifs is 1. The van der Waals surface area contributed by atoms with Crippen LogP contribution >= 0.6 is 22.9 Å². The van der Waals surface area contributed by atoms with Crippen molar-refractivity contribution in [3.63, 3.8) is 0 Å². The normalized spacial score (nSPS) is 13.6. The van der Waals surface area contributed by atoms with Crippen LogP contribution in [0.2, 0.25) is 5.02 Å². The molecule has 1 aromatic carbocycles. The minimum absolute atomic E-state index is 0.0826. The van der Waals surface area contributed by atoms with E-state index in [2.05, 4.69) is 10.3 Å². The van der Waals surface area contributed by atoms with Gasteiger partial charge in [0, 0.05) is 25.2 Å². The zero-order valence-electron chi connectivity index (χ0n) is 17.4. The Morgan fingerprint density at radius 2 is 2.00 bits per heavy atom. The van der Waals surface area contributed by atoms with Gasteiger partial charge < -0.3 is 14.8 Å². The summed E-state index contributed by atoms with van der Waals surface area (Å²) >= 11 is 7.29. The Bertz CT molecular complexity index is 1410. The number of nitrogens with one attached hydrogen (secondary N) is 1. The standard InChI is InChI=1S/C21H19ClN4O5S2/c1-2-33(30,31)13-7-9-25(18(28)11-13)12-17(27)24-21-23-15-8-10-26(20(29)19(15)32-21)16-6-4-3-5-14(16)22/h3-7,9,11H,2,8,10,12H2,1H3,(H,23,24,27). The number of amides is 2. The number of pyridine rings is 1. The van der Waals surface area contributed by atoms with Gasteiger partial charge in [0.05, 0.1) is 27.1 Å². The van der Waals surface area contributed by atoms with Crippen molar-refractivity contribution in [1.82, 2.24) is 9.55 Å². The van der Waals surface area contributed by atoms with Gasteiger partial charge in [-0.2, -0.15) is 0 Å². The molecule has 2 amide bonds. The van der Waals surface area contributed by atoms with Gasteiger partial charge in [0.25, 0.3) is 11.5 Å². The first kappa shape index (κ1) is 23.1. The fourth-order valence-electron chi connectivity index (χ4n) is 3.38. The van der Waals surface area contributed by atoms with E-state index in [4.69, 9.17) is 11.6 Å². The summed E-state index contributed by atoms with van der Waals surface area (Å²) in [4.78, 5) is 43.9. The number of benzene rings is 1. The number of carbonyl (C=O) groups excluding carboxylic acids is 2. The number of rotatable bonds is 6. The lowest BCUT2D eigenvalue weighted by Gasteiger charge is -2.26. The van der Waals surface area contributed by atoms with E-state index >= 15 is 0 Å². The van der Waals surface area contributed by atoms with Crippen molar-refractivity contribution < 1.29 is 18.0 Å². The fraction of sp³-hybridized carbons (Fsp3) is 0.238. The molecule has 0 unspecified atom stereocenters. The molecule has 4 rings (SSSR count). The van der Waals surface area contributed by atoms with Crippen molar-refractivity contribution in [2.45, 2.75) is 24.8 Å². The second-order valence-corrected chi connectivity index (χ2v) is 10.9. The zero-order valence-corrected chi connectivity index (χ0v) is 19.8. The first-order chi connectivity index (χ1) is 15.7. The molecule has 3 heterocycles. The Hall–Kier alpha value is -3.02. The maximum atomic E-state index is 13.0. The predicted octanol–water partition coefficient (Wildman–Crippen LogP) is 2.59. The molecule has 0 aliphatic carbocycles. The first-order valence-electron chi connectivity index (χ1n) is 9.99. The van der Waals surface area contributed by atoms with Gasteiger partial charge in [0.2, 0.25) is 5.91 Å². The van der Waals surface area contributed by atoms with Crippen LogP contribution in [0.1, 0.15) is 22.3 Å². The zero-order chi connectivity index (χ0) is 23.8. The highest BCUT2D eigenvalue weighted by atomic mass is 35.5. The Morgan fingerprint density at radius 3 is 2.70 bits per heavy atom. The molecule has 0 bridgehead atoms. The summed E-state index contributed by atoms with van der Waals surface area (Å²) in [5.74, 6) is -0.894. The van der Waals surface area contributed by atoms with E-state index in [1.54, 1.807) is 29.2 Å². The topological polar surface area (TPSA) is 118 Å². The molecule has 0 fully saturated rings. The number of hydrogen-bond acceptors (Lipinski definition) is 7. The van der Waals surface area contributed by atoms with E-state index in [0.29, 0.717) is 34.2 Å². The van der Waals surface area contributed by atoms with Crippen molar-refractivity contribution >= 4 is 55.4 Å². The second kappa shape index (κ2) is 9.08. The number of para-hydroxylation sites is 1. The van der Waals surface area contributed by atoms with E-state index in [1.807, 2.05) is 0 Å². The predicted molar refractivity (Wildman–Crippen MR) is 126 cm³/mol. The number of aromatic nitrogens is 2. The lowest BCUT2D eigenvalue weighted by atomic mass is 10.1. The van der Waals surface area contributed by atoms with Gasteiger partial charge >= 0.3 is 0 Å². The van der Waals surface area contributed by atoms with Gasteiger partial charge in [-0.15, -0.1) is 0 Å². The summed E-state index contributed by atoms with van der Waals surface area (Å²) in [5.41, 5.74) is 0.597. The quantitative estimate of drug-likeness (QED) is 0.549. The Labute approximate surface area is 198 Å². The van der Waals surface area contributed by atoms with Crippen LogP contribution in [0.5, 0.6) is 0 Å². The van der Waals surface area contributed by atoms with Crippen molar-refractivity contribution in [2.75, 3.05) is 22.5 Å². The molecule has 0 spiro atoms. The third-order valence-electron chi connectivity index (χ3n) is 5.12. The monoisotopic (exact) mass is 506 g/mol. The van der Waals surface area contributed by atoms with Crippen LogP contribution in [0.15, 0.2) is 52.3 Å². The molecular formula is C21H19ClN4O5S2. The Balaban J connectivity index is 1.48. The van der Waals surface area contributed by atoms with Gasteiger partial charge in [-0.05, 0) is 18.2 Å². The molecule has 1 aliphatic heterocycles. The molecule has 0 saturated heterocycles. The molecule has 0 atom stereocenters. The van der Waals surface area contributed by atoms with Crippen LogP contribution in [0.25, 0.3) is 0 Å². The highest BCUT2D eigenvalue weighted by molar-refractivity contribution is 7.91. The lowest BCUT2D eigenvalue weighted by Crippen LogP contribution is -2.37. The number of hydrogen-bond donors (Lipinski definition) is 1. The number of nitrogens with zero attached hydrogens (tertiary/aromatic N) is 3.